The third-order valence-corrected chi connectivity index (χ3v) is 4.41. The number of rotatable bonds is 3. The molecule has 1 amide bonds. The van der Waals surface area contributed by atoms with Crippen molar-refractivity contribution in [2.45, 2.75) is 18.9 Å². The summed E-state index contributed by atoms with van der Waals surface area (Å²) in [6.07, 6.45) is 10.6. The number of imidazole rings is 1. The van der Waals surface area contributed by atoms with Crippen molar-refractivity contribution in [2.75, 3.05) is 18.0 Å². The summed E-state index contributed by atoms with van der Waals surface area (Å²) < 4.78 is 3.55. The first kappa shape index (κ1) is 14.7. The average molecular weight is 325 g/mol. The smallest absolute Gasteiger partial charge is 0.269 e. The van der Waals surface area contributed by atoms with Gasteiger partial charge in [0.25, 0.3) is 5.91 Å². The van der Waals surface area contributed by atoms with Gasteiger partial charge in [-0.2, -0.15) is 5.10 Å². The third-order valence-electron chi connectivity index (χ3n) is 4.41. The van der Waals surface area contributed by atoms with Crippen LogP contribution in [0, 0.1) is 0 Å². The number of aryl methyl sites for hydroxylation is 1. The molecule has 3 aromatic rings. The van der Waals surface area contributed by atoms with Crippen LogP contribution in [0.4, 0.5) is 5.82 Å². The van der Waals surface area contributed by atoms with Crippen LogP contribution in [0.1, 0.15) is 23.3 Å². The molecule has 0 spiro atoms. The maximum atomic E-state index is 12.4. The van der Waals surface area contributed by atoms with Crippen molar-refractivity contribution >= 4 is 17.2 Å². The molecule has 0 aliphatic carbocycles. The number of piperidine rings is 1. The standard InChI is InChI=1S/C16H19N7O/c1-21-11-17-9-14(21)16(24)20-12-3-2-7-22(10-12)15-13-4-5-19-23(13)8-6-18-15/h4-6,8-9,11-12H,2-3,7,10H2,1H3,(H,20,24). The zero-order chi connectivity index (χ0) is 16.5. The van der Waals surface area contributed by atoms with Crippen molar-refractivity contribution in [2.24, 2.45) is 7.05 Å². The number of anilines is 1. The molecule has 8 nitrogen and oxygen atoms in total. The molecule has 1 aliphatic heterocycles. The molecule has 0 aromatic carbocycles. The van der Waals surface area contributed by atoms with Gasteiger partial charge in [0.1, 0.15) is 11.2 Å². The molecule has 1 fully saturated rings. The van der Waals surface area contributed by atoms with Gasteiger partial charge in [0.05, 0.1) is 18.7 Å². The van der Waals surface area contributed by atoms with E-state index in [1.807, 2.05) is 23.8 Å². The summed E-state index contributed by atoms with van der Waals surface area (Å²) in [5.74, 6) is 0.826. The topological polar surface area (TPSA) is 80.4 Å². The van der Waals surface area contributed by atoms with Gasteiger partial charge in [-0.3, -0.25) is 4.79 Å². The molecule has 8 heteroatoms. The van der Waals surface area contributed by atoms with E-state index in [4.69, 9.17) is 0 Å². The first-order valence-electron chi connectivity index (χ1n) is 8.03. The van der Waals surface area contributed by atoms with E-state index >= 15 is 0 Å². The van der Waals surface area contributed by atoms with E-state index in [2.05, 4.69) is 25.3 Å². The molecule has 1 N–H and O–H groups in total. The molecule has 1 aliphatic rings. The van der Waals surface area contributed by atoms with Gasteiger partial charge >= 0.3 is 0 Å². The molecule has 1 atom stereocenters. The van der Waals surface area contributed by atoms with Crippen molar-refractivity contribution in [1.82, 2.24) is 29.5 Å². The monoisotopic (exact) mass is 325 g/mol. The second kappa shape index (κ2) is 5.95. The molecule has 0 radical (unpaired) electrons. The van der Waals surface area contributed by atoms with Crippen molar-refractivity contribution < 1.29 is 4.79 Å². The summed E-state index contributed by atoms with van der Waals surface area (Å²) in [6, 6.07) is 2.05. The maximum absolute atomic E-state index is 12.4. The van der Waals surface area contributed by atoms with Crippen LogP contribution in [-0.2, 0) is 7.05 Å². The van der Waals surface area contributed by atoms with E-state index in [0.717, 1.165) is 37.3 Å². The SMILES string of the molecule is Cn1cncc1C(=O)NC1CCCN(c2nccn3nccc23)C1. The minimum absolute atomic E-state index is 0.0858. The highest BCUT2D eigenvalue weighted by Crippen LogP contribution is 2.22. The van der Waals surface area contributed by atoms with E-state index in [1.54, 1.807) is 29.5 Å². The molecule has 3 aromatic heterocycles. The Morgan fingerprint density at radius 1 is 1.38 bits per heavy atom. The summed E-state index contributed by atoms with van der Waals surface area (Å²) in [5.41, 5.74) is 1.55. The average Bonchev–Trinajstić information content (AvgIpc) is 3.23. The quantitative estimate of drug-likeness (QED) is 0.772. The fraction of sp³-hybridized carbons (Fsp3) is 0.375. The lowest BCUT2D eigenvalue weighted by Crippen LogP contribution is -2.48. The molecule has 0 bridgehead atoms. The van der Waals surface area contributed by atoms with Crippen molar-refractivity contribution in [3.05, 3.63) is 42.9 Å². The van der Waals surface area contributed by atoms with E-state index in [-0.39, 0.29) is 11.9 Å². The number of hydrogen-bond acceptors (Lipinski definition) is 5. The number of amides is 1. The molecule has 1 unspecified atom stereocenters. The van der Waals surface area contributed by atoms with Crippen LogP contribution in [0.2, 0.25) is 0 Å². The zero-order valence-corrected chi connectivity index (χ0v) is 13.5. The van der Waals surface area contributed by atoms with E-state index in [0.29, 0.717) is 5.69 Å². The molecule has 1 saturated heterocycles. The highest BCUT2D eigenvalue weighted by molar-refractivity contribution is 5.92. The van der Waals surface area contributed by atoms with Gasteiger partial charge in [0, 0.05) is 38.6 Å². The normalized spacial score (nSPS) is 18.0. The first-order valence-corrected chi connectivity index (χ1v) is 8.03. The van der Waals surface area contributed by atoms with Crippen LogP contribution in [0.5, 0.6) is 0 Å². The van der Waals surface area contributed by atoms with Crippen molar-refractivity contribution in [3.63, 3.8) is 0 Å². The lowest BCUT2D eigenvalue weighted by Gasteiger charge is -2.34. The molecular formula is C16H19N7O. The molecule has 124 valence electrons. The lowest BCUT2D eigenvalue weighted by molar-refractivity contribution is 0.0925. The fourth-order valence-corrected chi connectivity index (χ4v) is 3.21. The Kier molecular flexibility index (Phi) is 3.64. The highest BCUT2D eigenvalue weighted by Gasteiger charge is 2.24. The fourth-order valence-electron chi connectivity index (χ4n) is 3.21. The number of nitrogens with one attached hydrogen (secondary N) is 1. The highest BCUT2D eigenvalue weighted by atomic mass is 16.2. The van der Waals surface area contributed by atoms with Crippen LogP contribution in [0.3, 0.4) is 0 Å². The Labute approximate surface area is 139 Å². The van der Waals surface area contributed by atoms with Crippen LogP contribution in [0.15, 0.2) is 37.2 Å². The molecule has 4 rings (SSSR count). The minimum atomic E-state index is -0.0858. The first-order chi connectivity index (χ1) is 11.7. The van der Waals surface area contributed by atoms with E-state index < -0.39 is 0 Å². The number of carbonyl (C=O) groups is 1. The predicted molar refractivity (Wildman–Crippen MR) is 88.9 cm³/mol. The molecule has 0 saturated carbocycles. The Morgan fingerprint density at radius 2 is 2.29 bits per heavy atom. The van der Waals surface area contributed by atoms with Gasteiger partial charge in [0.2, 0.25) is 0 Å². The number of carbonyl (C=O) groups excluding carboxylic acids is 1. The van der Waals surface area contributed by atoms with E-state index in [9.17, 15) is 4.79 Å². The predicted octanol–water partition coefficient (Wildman–Crippen LogP) is 0.862. The van der Waals surface area contributed by atoms with Crippen LogP contribution >= 0.6 is 0 Å². The Morgan fingerprint density at radius 3 is 3.12 bits per heavy atom. The summed E-state index contributed by atoms with van der Waals surface area (Å²) in [4.78, 5) is 23.1. The van der Waals surface area contributed by atoms with Gasteiger partial charge in [0.15, 0.2) is 5.82 Å². The second-order valence-corrected chi connectivity index (χ2v) is 6.06. The number of fused-ring (bicyclic) bond motifs is 1. The maximum Gasteiger partial charge on any atom is 0.269 e. The van der Waals surface area contributed by atoms with E-state index in [1.165, 1.54) is 0 Å². The molecular weight excluding hydrogens is 306 g/mol. The summed E-state index contributed by atoms with van der Waals surface area (Å²) in [7, 11) is 1.82. The summed E-state index contributed by atoms with van der Waals surface area (Å²) in [5, 5.41) is 7.37. The van der Waals surface area contributed by atoms with Crippen LogP contribution in [-0.4, -0.2) is 49.2 Å². The Balaban J connectivity index is 1.51. The zero-order valence-electron chi connectivity index (χ0n) is 13.5. The van der Waals surface area contributed by atoms with Gasteiger partial charge in [-0.25, -0.2) is 14.5 Å². The van der Waals surface area contributed by atoms with Gasteiger partial charge in [-0.05, 0) is 18.9 Å². The number of aromatic nitrogens is 5. The van der Waals surface area contributed by atoms with Crippen LogP contribution in [0.25, 0.3) is 5.52 Å². The van der Waals surface area contributed by atoms with Crippen molar-refractivity contribution in [1.29, 1.82) is 0 Å². The van der Waals surface area contributed by atoms with Crippen molar-refractivity contribution in [3.8, 4) is 0 Å². The van der Waals surface area contributed by atoms with Gasteiger partial charge < -0.3 is 14.8 Å². The Bertz CT molecular complexity index is 868. The number of nitrogens with zero attached hydrogens (tertiary/aromatic N) is 6. The van der Waals surface area contributed by atoms with Gasteiger partial charge in [-0.15, -0.1) is 0 Å². The third kappa shape index (κ3) is 2.60. The molecule has 24 heavy (non-hydrogen) atoms. The number of hydrogen-bond donors (Lipinski definition) is 1. The van der Waals surface area contributed by atoms with Crippen LogP contribution < -0.4 is 10.2 Å². The Hall–Kier alpha value is -2.90. The van der Waals surface area contributed by atoms with Gasteiger partial charge in [-0.1, -0.05) is 0 Å². The summed E-state index contributed by atoms with van der Waals surface area (Å²) in [6.45, 7) is 1.66. The minimum Gasteiger partial charge on any atom is -0.353 e. The second-order valence-electron chi connectivity index (χ2n) is 6.06. The summed E-state index contributed by atoms with van der Waals surface area (Å²) >= 11 is 0. The largest absolute Gasteiger partial charge is 0.353 e. The molecule has 4 heterocycles. The lowest BCUT2D eigenvalue weighted by atomic mass is 10.1.